The van der Waals surface area contributed by atoms with E-state index in [1.165, 1.54) is 0 Å². The van der Waals surface area contributed by atoms with Gasteiger partial charge in [-0.05, 0) is 13.8 Å². The minimum Gasteiger partial charge on any atom is -0.392 e. The van der Waals surface area contributed by atoms with E-state index < -0.39 is 0 Å². The Balaban J connectivity index is 2.67. The van der Waals surface area contributed by atoms with Crippen LogP contribution in [0.5, 0.6) is 0 Å². The number of aromatic nitrogens is 3. The molecule has 0 atom stereocenters. The number of hydrogen-bond acceptors (Lipinski definition) is 4. The van der Waals surface area contributed by atoms with Gasteiger partial charge < -0.3 is 5.73 Å². The molecule has 1 rings (SSSR count). The quantitative estimate of drug-likeness (QED) is 0.734. The number of thiocarbonyl (C=S) groups is 1. The van der Waals surface area contributed by atoms with Crippen LogP contribution in [0.2, 0.25) is 0 Å². The standard InChI is InChI=1S/C9H17N5S/c1-7(2)14(4-8(10)15)5-9-11-6-12-13(9)3/h6-7H,4-5H2,1-3H3,(H2,10,15). The number of nitrogens with two attached hydrogens (primary N) is 1. The second kappa shape index (κ2) is 5.18. The highest BCUT2D eigenvalue weighted by Crippen LogP contribution is 2.04. The maximum absolute atomic E-state index is 5.55. The summed E-state index contributed by atoms with van der Waals surface area (Å²) in [5.74, 6) is 0.917. The zero-order chi connectivity index (χ0) is 11.4. The van der Waals surface area contributed by atoms with E-state index in [0.717, 1.165) is 5.82 Å². The molecule has 1 aromatic rings. The molecule has 15 heavy (non-hydrogen) atoms. The van der Waals surface area contributed by atoms with Crippen LogP contribution in [0.4, 0.5) is 0 Å². The van der Waals surface area contributed by atoms with Crippen LogP contribution < -0.4 is 5.73 Å². The SMILES string of the molecule is CC(C)N(CC(N)=S)Cc1ncnn1C. The van der Waals surface area contributed by atoms with Gasteiger partial charge in [-0.15, -0.1) is 0 Å². The molecule has 1 aromatic heterocycles. The second-order valence-corrected chi connectivity index (χ2v) is 4.29. The van der Waals surface area contributed by atoms with Gasteiger partial charge in [0, 0.05) is 19.6 Å². The highest BCUT2D eigenvalue weighted by molar-refractivity contribution is 7.80. The Bertz CT molecular complexity index is 333. The molecule has 5 nitrogen and oxygen atoms in total. The Hall–Kier alpha value is -1.01. The van der Waals surface area contributed by atoms with Crippen molar-refractivity contribution in [1.29, 1.82) is 0 Å². The molecule has 1 heterocycles. The van der Waals surface area contributed by atoms with Crippen molar-refractivity contribution in [3.63, 3.8) is 0 Å². The molecule has 6 heteroatoms. The summed E-state index contributed by atoms with van der Waals surface area (Å²) in [4.78, 5) is 6.84. The fourth-order valence-electron chi connectivity index (χ4n) is 1.27. The first-order chi connectivity index (χ1) is 7.00. The summed E-state index contributed by atoms with van der Waals surface area (Å²) in [5, 5.41) is 4.02. The third-order valence-corrected chi connectivity index (χ3v) is 2.37. The molecule has 0 aliphatic heterocycles. The largest absolute Gasteiger partial charge is 0.392 e. The second-order valence-electron chi connectivity index (χ2n) is 3.76. The highest BCUT2D eigenvalue weighted by Gasteiger charge is 2.13. The van der Waals surface area contributed by atoms with Crippen molar-refractivity contribution >= 4 is 17.2 Å². The Morgan fingerprint density at radius 3 is 2.73 bits per heavy atom. The van der Waals surface area contributed by atoms with Gasteiger partial charge in [0.1, 0.15) is 12.2 Å². The molecular weight excluding hydrogens is 210 g/mol. The van der Waals surface area contributed by atoms with Crippen LogP contribution in [0.1, 0.15) is 19.7 Å². The lowest BCUT2D eigenvalue weighted by Gasteiger charge is -2.24. The van der Waals surface area contributed by atoms with Crippen LogP contribution in [0.25, 0.3) is 0 Å². The first kappa shape index (κ1) is 12.1. The predicted molar refractivity (Wildman–Crippen MR) is 63.3 cm³/mol. The molecule has 84 valence electrons. The van der Waals surface area contributed by atoms with E-state index >= 15 is 0 Å². The summed E-state index contributed by atoms with van der Waals surface area (Å²) < 4.78 is 1.76. The minimum atomic E-state index is 0.378. The van der Waals surface area contributed by atoms with E-state index in [0.29, 0.717) is 24.1 Å². The van der Waals surface area contributed by atoms with Crippen LogP contribution in [0.15, 0.2) is 6.33 Å². The molecule has 0 saturated carbocycles. The highest BCUT2D eigenvalue weighted by atomic mass is 32.1. The van der Waals surface area contributed by atoms with Crippen LogP contribution in [0.3, 0.4) is 0 Å². The predicted octanol–water partition coefficient (Wildman–Crippen LogP) is 0.312. The molecule has 0 saturated heterocycles. The summed E-state index contributed by atoms with van der Waals surface area (Å²) in [6.07, 6.45) is 1.55. The molecule has 0 amide bonds. The molecular formula is C9H17N5S. The molecule has 0 unspecified atom stereocenters. The first-order valence-electron chi connectivity index (χ1n) is 4.86. The van der Waals surface area contributed by atoms with Crippen molar-refractivity contribution in [2.24, 2.45) is 12.8 Å². The molecule has 2 N–H and O–H groups in total. The smallest absolute Gasteiger partial charge is 0.140 e. The lowest BCUT2D eigenvalue weighted by molar-refractivity contribution is 0.236. The first-order valence-corrected chi connectivity index (χ1v) is 5.26. The molecule has 0 aromatic carbocycles. The van der Waals surface area contributed by atoms with E-state index in [1.54, 1.807) is 11.0 Å². The minimum absolute atomic E-state index is 0.378. The lowest BCUT2D eigenvalue weighted by atomic mass is 10.3. The van der Waals surface area contributed by atoms with Crippen molar-refractivity contribution in [2.75, 3.05) is 6.54 Å². The van der Waals surface area contributed by atoms with Crippen LogP contribution >= 0.6 is 12.2 Å². The fourth-order valence-corrected chi connectivity index (χ4v) is 1.43. The fraction of sp³-hybridized carbons (Fsp3) is 0.667. The summed E-state index contributed by atoms with van der Waals surface area (Å²) in [7, 11) is 1.88. The van der Waals surface area contributed by atoms with Crippen molar-refractivity contribution in [3.05, 3.63) is 12.2 Å². The van der Waals surface area contributed by atoms with E-state index in [4.69, 9.17) is 18.0 Å². The Morgan fingerprint density at radius 2 is 2.33 bits per heavy atom. The molecule has 0 aliphatic carbocycles. The number of hydrogen-bond donors (Lipinski definition) is 1. The van der Waals surface area contributed by atoms with Gasteiger partial charge in [-0.3, -0.25) is 9.58 Å². The number of aryl methyl sites for hydroxylation is 1. The third kappa shape index (κ3) is 3.56. The molecule has 0 bridgehead atoms. The van der Waals surface area contributed by atoms with Gasteiger partial charge in [-0.2, -0.15) is 5.10 Å². The Morgan fingerprint density at radius 1 is 1.67 bits per heavy atom. The van der Waals surface area contributed by atoms with Crippen LogP contribution in [0, 0.1) is 0 Å². The van der Waals surface area contributed by atoms with Crippen molar-refractivity contribution in [3.8, 4) is 0 Å². The average molecular weight is 227 g/mol. The van der Waals surface area contributed by atoms with Gasteiger partial charge in [-0.1, -0.05) is 12.2 Å². The maximum atomic E-state index is 5.55. The average Bonchev–Trinajstić information content (AvgIpc) is 2.50. The topological polar surface area (TPSA) is 60.0 Å². The third-order valence-electron chi connectivity index (χ3n) is 2.24. The van der Waals surface area contributed by atoms with Gasteiger partial charge in [0.15, 0.2) is 0 Å². The van der Waals surface area contributed by atoms with Crippen molar-refractivity contribution in [2.45, 2.75) is 26.4 Å². The summed E-state index contributed by atoms with van der Waals surface area (Å²) >= 11 is 4.91. The van der Waals surface area contributed by atoms with Crippen molar-refractivity contribution < 1.29 is 0 Å². The number of nitrogens with zero attached hydrogens (tertiary/aromatic N) is 4. The molecule has 0 spiro atoms. The maximum Gasteiger partial charge on any atom is 0.140 e. The summed E-state index contributed by atoms with van der Waals surface area (Å²) in [6, 6.07) is 0.378. The normalized spacial score (nSPS) is 11.3. The van der Waals surface area contributed by atoms with E-state index in [1.807, 2.05) is 7.05 Å². The van der Waals surface area contributed by atoms with Gasteiger partial charge in [-0.25, -0.2) is 4.98 Å². The van der Waals surface area contributed by atoms with E-state index in [2.05, 4.69) is 28.8 Å². The zero-order valence-corrected chi connectivity index (χ0v) is 10.2. The van der Waals surface area contributed by atoms with Crippen LogP contribution in [-0.2, 0) is 13.6 Å². The summed E-state index contributed by atoms with van der Waals surface area (Å²) in [5.41, 5.74) is 5.55. The van der Waals surface area contributed by atoms with Gasteiger partial charge in [0.05, 0.1) is 11.5 Å². The van der Waals surface area contributed by atoms with Crippen LogP contribution in [-0.4, -0.2) is 37.2 Å². The Kier molecular flexibility index (Phi) is 4.16. The van der Waals surface area contributed by atoms with E-state index in [-0.39, 0.29) is 0 Å². The summed E-state index contributed by atoms with van der Waals surface area (Å²) in [6.45, 7) is 5.54. The van der Waals surface area contributed by atoms with E-state index in [9.17, 15) is 0 Å². The zero-order valence-electron chi connectivity index (χ0n) is 9.34. The van der Waals surface area contributed by atoms with Gasteiger partial charge in [0.2, 0.25) is 0 Å². The Labute approximate surface area is 95.3 Å². The molecule has 0 aliphatic rings. The number of rotatable bonds is 5. The lowest BCUT2D eigenvalue weighted by Crippen LogP contribution is -2.37. The van der Waals surface area contributed by atoms with Crippen molar-refractivity contribution in [1.82, 2.24) is 19.7 Å². The van der Waals surface area contributed by atoms with Gasteiger partial charge in [0.25, 0.3) is 0 Å². The molecule has 0 fully saturated rings. The monoisotopic (exact) mass is 227 g/mol. The molecule has 0 radical (unpaired) electrons. The van der Waals surface area contributed by atoms with Gasteiger partial charge >= 0.3 is 0 Å².